The van der Waals surface area contributed by atoms with Crippen LogP contribution in [0.1, 0.15) is 33.1 Å². The summed E-state index contributed by atoms with van der Waals surface area (Å²) in [6.45, 7) is 4.21. The highest BCUT2D eigenvalue weighted by atomic mass is 16.3. The van der Waals surface area contributed by atoms with Crippen molar-refractivity contribution < 1.29 is 5.11 Å². The molecule has 0 aromatic heterocycles. The molecule has 0 bridgehead atoms. The zero-order valence-electron chi connectivity index (χ0n) is 7.17. The minimum atomic E-state index is -0.243. The van der Waals surface area contributed by atoms with E-state index in [4.69, 9.17) is 5.26 Å². The summed E-state index contributed by atoms with van der Waals surface area (Å²) in [5.41, 5.74) is 0.105. The summed E-state index contributed by atoms with van der Waals surface area (Å²) in [6.07, 6.45) is 2.23. The largest absolute Gasteiger partial charge is 0.393 e. The van der Waals surface area contributed by atoms with Gasteiger partial charge in [0, 0.05) is 0 Å². The molecular formula is C9H15NO. The molecule has 0 aromatic carbocycles. The van der Waals surface area contributed by atoms with E-state index in [0.717, 1.165) is 12.8 Å². The van der Waals surface area contributed by atoms with Crippen LogP contribution in [0.4, 0.5) is 0 Å². The minimum absolute atomic E-state index is 0.0336. The molecule has 1 aliphatic rings. The smallest absolute Gasteiger partial charge is 0.0662 e. The zero-order valence-corrected chi connectivity index (χ0v) is 7.17. The second-order valence-corrected chi connectivity index (χ2v) is 4.10. The van der Waals surface area contributed by atoms with Gasteiger partial charge in [-0.1, -0.05) is 13.8 Å². The monoisotopic (exact) mass is 153 g/mol. The number of hydrogen-bond donors (Lipinski definition) is 1. The molecule has 0 saturated heterocycles. The van der Waals surface area contributed by atoms with Crippen molar-refractivity contribution in [3.63, 3.8) is 0 Å². The highest BCUT2D eigenvalue weighted by Crippen LogP contribution is 2.39. The topological polar surface area (TPSA) is 44.0 Å². The molecule has 2 nitrogen and oxygen atoms in total. The van der Waals surface area contributed by atoms with Crippen LogP contribution in [-0.4, -0.2) is 11.2 Å². The first kappa shape index (κ1) is 8.55. The molecule has 1 N–H and O–H groups in total. The van der Waals surface area contributed by atoms with E-state index in [2.05, 4.69) is 19.9 Å². The molecule has 0 heterocycles. The van der Waals surface area contributed by atoms with Gasteiger partial charge in [-0.15, -0.1) is 0 Å². The Morgan fingerprint density at radius 1 is 1.55 bits per heavy atom. The molecule has 1 fully saturated rings. The molecule has 1 saturated carbocycles. The summed E-state index contributed by atoms with van der Waals surface area (Å²) >= 11 is 0. The first-order chi connectivity index (χ1) is 5.06. The van der Waals surface area contributed by atoms with E-state index >= 15 is 0 Å². The molecule has 0 aromatic rings. The Labute approximate surface area is 67.8 Å². The van der Waals surface area contributed by atoms with Crippen molar-refractivity contribution in [2.75, 3.05) is 0 Å². The van der Waals surface area contributed by atoms with E-state index in [9.17, 15) is 5.11 Å². The molecule has 0 aliphatic heterocycles. The number of hydrogen-bond acceptors (Lipinski definition) is 2. The van der Waals surface area contributed by atoms with Gasteiger partial charge in [-0.05, 0) is 24.7 Å². The summed E-state index contributed by atoms with van der Waals surface area (Å²) in [6, 6.07) is 2.26. The predicted molar refractivity (Wildman–Crippen MR) is 42.7 cm³/mol. The summed E-state index contributed by atoms with van der Waals surface area (Å²) < 4.78 is 0. The molecule has 0 spiro atoms. The fourth-order valence-electron chi connectivity index (χ4n) is 1.65. The molecule has 1 rings (SSSR count). The molecule has 1 aliphatic carbocycles. The van der Waals surface area contributed by atoms with Crippen LogP contribution in [0.25, 0.3) is 0 Å². The standard InChI is InChI=1S/C9H15NO/c1-9(2)4-3-8(11)5-7(9)6-10/h7-8,11H,3-5H2,1-2H3/t7-,8-/m1/s1. The number of nitriles is 1. The average molecular weight is 153 g/mol. The number of aliphatic hydroxyl groups excluding tert-OH is 1. The lowest BCUT2D eigenvalue weighted by atomic mass is 9.69. The number of rotatable bonds is 0. The van der Waals surface area contributed by atoms with Crippen molar-refractivity contribution in [3.8, 4) is 6.07 Å². The van der Waals surface area contributed by atoms with Gasteiger partial charge in [0.2, 0.25) is 0 Å². The van der Waals surface area contributed by atoms with Gasteiger partial charge in [-0.3, -0.25) is 0 Å². The van der Waals surface area contributed by atoms with Gasteiger partial charge in [0.25, 0.3) is 0 Å². The molecule has 0 amide bonds. The second-order valence-electron chi connectivity index (χ2n) is 4.10. The third-order valence-electron chi connectivity index (χ3n) is 2.73. The highest BCUT2D eigenvalue weighted by Gasteiger charge is 2.35. The fraction of sp³-hybridized carbons (Fsp3) is 0.889. The predicted octanol–water partition coefficient (Wildman–Crippen LogP) is 1.70. The number of aliphatic hydroxyl groups is 1. The van der Waals surface area contributed by atoms with Crippen molar-refractivity contribution in [2.24, 2.45) is 11.3 Å². The molecule has 0 unspecified atom stereocenters. The Hall–Kier alpha value is -0.550. The van der Waals surface area contributed by atoms with Crippen molar-refractivity contribution in [1.29, 1.82) is 5.26 Å². The van der Waals surface area contributed by atoms with E-state index in [-0.39, 0.29) is 17.4 Å². The summed E-state index contributed by atoms with van der Waals surface area (Å²) in [5.74, 6) is 0.0336. The van der Waals surface area contributed by atoms with E-state index in [0.29, 0.717) is 6.42 Å². The Morgan fingerprint density at radius 2 is 2.18 bits per heavy atom. The van der Waals surface area contributed by atoms with E-state index in [1.165, 1.54) is 0 Å². The van der Waals surface area contributed by atoms with E-state index < -0.39 is 0 Å². The maximum Gasteiger partial charge on any atom is 0.0662 e. The van der Waals surface area contributed by atoms with Gasteiger partial charge < -0.3 is 5.11 Å². The fourth-order valence-corrected chi connectivity index (χ4v) is 1.65. The Morgan fingerprint density at radius 3 is 2.64 bits per heavy atom. The van der Waals surface area contributed by atoms with Gasteiger partial charge in [0.05, 0.1) is 18.1 Å². The lowest BCUT2D eigenvalue weighted by Crippen LogP contribution is -2.33. The third kappa shape index (κ3) is 1.72. The molecule has 2 atom stereocenters. The second kappa shape index (κ2) is 2.83. The lowest BCUT2D eigenvalue weighted by Gasteiger charge is -2.36. The third-order valence-corrected chi connectivity index (χ3v) is 2.73. The van der Waals surface area contributed by atoms with Crippen LogP contribution in [0, 0.1) is 22.7 Å². The summed E-state index contributed by atoms with van der Waals surface area (Å²) in [5, 5.41) is 18.1. The van der Waals surface area contributed by atoms with Gasteiger partial charge in [-0.25, -0.2) is 0 Å². The van der Waals surface area contributed by atoms with Crippen LogP contribution in [0.2, 0.25) is 0 Å². The summed E-state index contributed by atoms with van der Waals surface area (Å²) in [4.78, 5) is 0. The van der Waals surface area contributed by atoms with Gasteiger partial charge in [0.15, 0.2) is 0 Å². The lowest BCUT2D eigenvalue weighted by molar-refractivity contribution is 0.0513. The first-order valence-corrected chi connectivity index (χ1v) is 4.14. The molecule has 62 valence electrons. The van der Waals surface area contributed by atoms with Crippen molar-refractivity contribution in [2.45, 2.75) is 39.2 Å². The molecule has 2 heteroatoms. The van der Waals surface area contributed by atoms with Crippen molar-refractivity contribution >= 4 is 0 Å². The molecular weight excluding hydrogens is 138 g/mol. The van der Waals surface area contributed by atoms with Crippen LogP contribution < -0.4 is 0 Å². The summed E-state index contributed by atoms with van der Waals surface area (Å²) in [7, 11) is 0. The van der Waals surface area contributed by atoms with E-state index in [1.807, 2.05) is 0 Å². The highest BCUT2D eigenvalue weighted by molar-refractivity contribution is 4.97. The van der Waals surface area contributed by atoms with Gasteiger partial charge >= 0.3 is 0 Å². The van der Waals surface area contributed by atoms with Crippen LogP contribution in [0.5, 0.6) is 0 Å². The van der Waals surface area contributed by atoms with Gasteiger partial charge in [-0.2, -0.15) is 5.26 Å². The van der Waals surface area contributed by atoms with Crippen LogP contribution in [-0.2, 0) is 0 Å². The molecule has 0 radical (unpaired) electrons. The van der Waals surface area contributed by atoms with Crippen LogP contribution >= 0.6 is 0 Å². The average Bonchev–Trinajstić information content (AvgIpc) is 1.94. The maximum atomic E-state index is 9.29. The van der Waals surface area contributed by atoms with E-state index in [1.54, 1.807) is 0 Å². The number of nitrogens with zero attached hydrogens (tertiary/aromatic N) is 1. The van der Waals surface area contributed by atoms with Crippen molar-refractivity contribution in [1.82, 2.24) is 0 Å². The van der Waals surface area contributed by atoms with Crippen molar-refractivity contribution in [3.05, 3.63) is 0 Å². The Balaban J connectivity index is 2.65. The maximum absolute atomic E-state index is 9.29. The van der Waals surface area contributed by atoms with Crippen LogP contribution in [0.15, 0.2) is 0 Å². The molecule has 11 heavy (non-hydrogen) atoms. The normalized spacial score (nSPS) is 36.2. The zero-order chi connectivity index (χ0) is 8.48. The Bertz CT molecular complexity index is 180. The minimum Gasteiger partial charge on any atom is -0.393 e. The first-order valence-electron chi connectivity index (χ1n) is 4.14. The van der Waals surface area contributed by atoms with Gasteiger partial charge in [0.1, 0.15) is 0 Å². The van der Waals surface area contributed by atoms with Crippen LogP contribution in [0.3, 0.4) is 0 Å². The SMILES string of the molecule is CC1(C)CC[C@@H](O)C[C@@H]1C#N. The Kier molecular flexibility index (Phi) is 2.20. The quantitative estimate of drug-likeness (QED) is 0.575.